The van der Waals surface area contributed by atoms with Crippen molar-refractivity contribution in [3.63, 3.8) is 0 Å². The number of hydrogen-bond donors (Lipinski definition) is 1. The summed E-state index contributed by atoms with van der Waals surface area (Å²) >= 11 is 0. The fraction of sp³-hybridized carbons (Fsp3) is 0.400. The number of hydrogen-bond acceptors (Lipinski definition) is 3. The Hall–Kier alpha value is -1.58. The van der Waals surface area contributed by atoms with Crippen LogP contribution in [0.15, 0.2) is 12.1 Å². The largest absolute Gasteiger partial charge is 0.382 e. The van der Waals surface area contributed by atoms with Crippen LogP contribution in [0.2, 0.25) is 0 Å². The summed E-state index contributed by atoms with van der Waals surface area (Å²) in [7, 11) is 1.88. The van der Waals surface area contributed by atoms with Gasteiger partial charge in [-0.15, -0.1) is 0 Å². The van der Waals surface area contributed by atoms with E-state index in [1.165, 1.54) is 18.5 Å². The Balaban J connectivity index is 2.26. The van der Waals surface area contributed by atoms with Crippen molar-refractivity contribution in [1.29, 1.82) is 0 Å². The summed E-state index contributed by atoms with van der Waals surface area (Å²) in [5, 5.41) is 5.10. The summed E-state index contributed by atoms with van der Waals surface area (Å²) < 4.78 is 1.75. The molecular weight excluding hydrogens is 176 g/mol. The smallest absolute Gasteiger partial charge is 0.159 e. The van der Waals surface area contributed by atoms with E-state index in [-0.39, 0.29) is 0 Å². The van der Waals surface area contributed by atoms with Crippen molar-refractivity contribution in [3.8, 4) is 0 Å². The predicted molar refractivity (Wildman–Crippen MR) is 54.9 cm³/mol. The highest BCUT2D eigenvalue weighted by Gasteiger charge is 2.25. The maximum Gasteiger partial charge on any atom is 0.159 e. The molecule has 14 heavy (non-hydrogen) atoms. The quantitative estimate of drug-likeness (QED) is 0.736. The molecule has 2 aromatic heterocycles. The number of nitrogens with two attached hydrogens (primary N) is 1. The lowest BCUT2D eigenvalue weighted by molar-refractivity contribution is 0.787. The third-order valence-electron chi connectivity index (χ3n) is 2.73. The Morgan fingerprint density at radius 1 is 1.43 bits per heavy atom. The zero-order chi connectivity index (χ0) is 9.71. The van der Waals surface area contributed by atoms with Crippen LogP contribution in [-0.2, 0) is 7.05 Å². The summed E-state index contributed by atoms with van der Waals surface area (Å²) in [6, 6.07) is 4.09. The van der Waals surface area contributed by atoms with Crippen LogP contribution in [0.1, 0.15) is 24.5 Å². The molecule has 2 N–H and O–H groups in total. The molecule has 72 valence electrons. The Morgan fingerprint density at radius 3 is 2.93 bits per heavy atom. The monoisotopic (exact) mass is 188 g/mol. The maximum absolute atomic E-state index is 5.75. The third kappa shape index (κ3) is 0.999. The van der Waals surface area contributed by atoms with Crippen LogP contribution in [0.4, 0.5) is 5.82 Å². The van der Waals surface area contributed by atoms with Crippen molar-refractivity contribution in [2.24, 2.45) is 7.05 Å². The lowest BCUT2D eigenvalue weighted by atomic mass is 10.2. The minimum Gasteiger partial charge on any atom is -0.382 e. The van der Waals surface area contributed by atoms with Crippen LogP contribution < -0.4 is 5.73 Å². The summed E-state index contributed by atoms with van der Waals surface area (Å²) in [6.45, 7) is 0. The van der Waals surface area contributed by atoms with Gasteiger partial charge in [-0.1, -0.05) is 0 Å². The molecule has 0 atom stereocenters. The van der Waals surface area contributed by atoms with Gasteiger partial charge in [0.25, 0.3) is 0 Å². The molecule has 0 bridgehead atoms. The Kier molecular flexibility index (Phi) is 1.37. The lowest BCUT2D eigenvalue weighted by Crippen LogP contribution is -1.94. The van der Waals surface area contributed by atoms with Crippen molar-refractivity contribution >= 4 is 16.9 Å². The third-order valence-corrected chi connectivity index (χ3v) is 2.73. The van der Waals surface area contributed by atoms with E-state index < -0.39 is 0 Å². The molecule has 1 aliphatic carbocycles. The van der Waals surface area contributed by atoms with Gasteiger partial charge in [0.05, 0.1) is 5.39 Å². The fourth-order valence-electron chi connectivity index (χ4n) is 1.78. The number of aryl methyl sites for hydroxylation is 1. The van der Waals surface area contributed by atoms with Gasteiger partial charge in [-0.3, -0.25) is 0 Å². The first-order valence-corrected chi connectivity index (χ1v) is 4.85. The topological polar surface area (TPSA) is 56.7 Å². The van der Waals surface area contributed by atoms with Crippen molar-refractivity contribution in [2.45, 2.75) is 18.8 Å². The molecule has 0 amide bonds. The summed E-state index contributed by atoms with van der Waals surface area (Å²) in [6.07, 6.45) is 2.54. The van der Waals surface area contributed by atoms with Gasteiger partial charge in [0.15, 0.2) is 11.5 Å². The maximum atomic E-state index is 5.75. The first-order valence-electron chi connectivity index (χ1n) is 4.85. The molecule has 0 aliphatic heterocycles. The molecule has 0 spiro atoms. The van der Waals surface area contributed by atoms with Gasteiger partial charge >= 0.3 is 0 Å². The van der Waals surface area contributed by atoms with Gasteiger partial charge in [-0.25, -0.2) is 9.67 Å². The van der Waals surface area contributed by atoms with Crippen LogP contribution in [0.5, 0.6) is 0 Å². The zero-order valence-corrected chi connectivity index (χ0v) is 8.07. The van der Waals surface area contributed by atoms with E-state index in [1.54, 1.807) is 4.68 Å². The fourth-order valence-corrected chi connectivity index (χ4v) is 1.78. The predicted octanol–water partition coefficient (Wildman–Crippen LogP) is 1.43. The highest BCUT2D eigenvalue weighted by Crippen LogP contribution is 2.39. The first kappa shape index (κ1) is 7.79. The number of nitrogen functional groups attached to an aromatic ring is 1. The zero-order valence-electron chi connectivity index (χ0n) is 8.07. The second-order valence-corrected chi connectivity index (χ2v) is 3.89. The molecule has 1 aliphatic rings. The minimum absolute atomic E-state index is 0.567. The van der Waals surface area contributed by atoms with E-state index in [4.69, 9.17) is 5.73 Å². The SMILES string of the molecule is Cn1nc(N)c2ccc(C3CC3)nc21. The summed E-state index contributed by atoms with van der Waals surface area (Å²) in [4.78, 5) is 4.58. The van der Waals surface area contributed by atoms with Gasteiger partial charge in [0.2, 0.25) is 0 Å². The molecule has 4 heteroatoms. The molecule has 3 rings (SSSR count). The van der Waals surface area contributed by atoms with Crippen LogP contribution in [0.25, 0.3) is 11.0 Å². The summed E-state index contributed by atoms with van der Waals surface area (Å²) in [5.74, 6) is 1.24. The molecule has 2 heterocycles. The van der Waals surface area contributed by atoms with Crippen LogP contribution >= 0.6 is 0 Å². The van der Waals surface area contributed by atoms with E-state index in [0.717, 1.165) is 11.0 Å². The van der Waals surface area contributed by atoms with Crippen molar-refractivity contribution in [2.75, 3.05) is 5.73 Å². The molecule has 4 nitrogen and oxygen atoms in total. The number of aromatic nitrogens is 3. The van der Waals surface area contributed by atoms with Gasteiger partial charge in [-0.2, -0.15) is 5.10 Å². The van der Waals surface area contributed by atoms with E-state index in [2.05, 4.69) is 16.1 Å². The van der Waals surface area contributed by atoms with Crippen LogP contribution in [0, 0.1) is 0 Å². The molecule has 0 unspecified atom stereocenters. The lowest BCUT2D eigenvalue weighted by Gasteiger charge is -1.97. The number of nitrogens with zero attached hydrogens (tertiary/aromatic N) is 3. The Morgan fingerprint density at radius 2 is 2.21 bits per heavy atom. The van der Waals surface area contributed by atoms with Gasteiger partial charge < -0.3 is 5.73 Å². The average molecular weight is 188 g/mol. The Labute approximate surface area is 81.7 Å². The highest BCUT2D eigenvalue weighted by atomic mass is 15.3. The summed E-state index contributed by atoms with van der Waals surface area (Å²) in [5.41, 5.74) is 7.82. The molecule has 0 aromatic carbocycles. The molecule has 0 saturated heterocycles. The van der Waals surface area contributed by atoms with Gasteiger partial charge in [0, 0.05) is 18.7 Å². The van der Waals surface area contributed by atoms with E-state index in [0.29, 0.717) is 11.7 Å². The number of anilines is 1. The second kappa shape index (κ2) is 2.47. The molecule has 1 fully saturated rings. The van der Waals surface area contributed by atoms with Crippen molar-refractivity contribution in [1.82, 2.24) is 14.8 Å². The average Bonchev–Trinajstić information content (AvgIpc) is 2.96. The first-order chi connectivity index (χ1) is 6.75. The van der Waals surface area contributed by atoms with Crippen molar-refractivity contribution in [3.05, 3.63) is 17.8 Å². The normalized spacial score (nSPS) is 16.4. The second-order valence-electron chi connectivity index (χ2n) is 3.89. The highest BCUT2D eigenvalue weighted by molar-refractivity contribution is 5.86. The molecular formula is C10H12N4. The van der Waals surface area contributed by atoms with E-state index in [9.17, 15) is 0 Å². The molecule has 0 radical (unpaired) electrons. The van der Waals surface area contributed by atoms with Gasteiger partial charge in [0.1, 0.15) is 0 Å². The molecule has 2 aromatic rings. The van der Waals surface area contributed by atoms with Gasteiger partial charge in [-0.05, 0) is 25.0 Å². The van der Waals surface area contributed by atoms with Crippen LogP contribution in [0.3, 0.4) is 0 Å². The number of rotatable bonds is 1. The van der Waals surface area contributed by atoms with Crippen LogP contribution in [-0.4, -0.2) is 14.8 Å². The number of fused-ring (bicyclic) bond motifs is 1. The molecule has 1 saturated carbocycles. The van der Waals surface area contributed by atoms with E-state index >= 15 is 0 Å². The Bertz CT molecular complexity index is 496. The van der Waals surface area contributed by atoms with Crippen molar-refractivity contribution < 1.29 is 0 Å². The number of pyridine rings is 1. The minimum atomic E-state index is 0.567. The standard InChI is InChI=1S/C10H12N4/c1-14-10-7(9(11)13-14)4-5-8(12-10)6-2-3-6/h4-6H,2-3H2,1H3,(H2,11,13). The van der Waals surface area contributed by atoms with E-state index in [1.807, 2.05) is 13.1 Å².